The van der Waals surface area contributed by atoms with E-state index in [1.165, 1.54) is 35.8 Å². The van der Waals surface area contributed by atoms with Crippen molar-refractivity contribution in [2.75, 3.05) is 18.0 Å². The summed E-state index contributed by atoms with van der Waals surface area (Å²) in [7, 11) is 0. The zero-order valence-corrected chi connectivity index (χ0v) is 14.8. The van der Waals surface area contributed by atoms with Crippen LogP contribution in [0.2, 0.25) is 0 Å². The summed E-state index contributed by atoms with van der Waals surface area (Å²) < 4.78 is 0. The van der Waals surface area contributed by atoms with E-state index in [4.69, 9.17) is 0 Å². The first-order valence-electron chi connectivity index (χ1n) is 8.91. The molecule has 2 rings (SSSR count). The molecule has 0 aliphatic heterocycles. The summed E-state index contributed by atoms with van der Waals surface area (Å²) in [6, 6.07) is 7.80. The van der Waals surface area contributed by atoms with E-state index in [2.05, 4.69) is 18.3 Å². The molecule has 2 amide bonds. The second-order valence-corrected chi connectivity index (χ2v) is 6.33. The highest BCUT2D eigenvalue weighted by Crippen LogP contribution is 2.19. The molecular weight excluding hydrogens is 300 g/mol. The number of nitrogens with zero attached hydrogens (tertiary/aromatic N) is 1. The highest BCUT2D eigenvalue weighted by molar-refractivity contribution is 5.97. The maximum absolute atomic E-state index is 12.2. The number of hydrogen-bond acceptors (Lipinski definition) is 2. The molecule has 1 aliphatic carbocycles. The molecule has 1 aromatic rings. The first-order valence-corrected chi connectivity index (χ1v) is 8.91. The molecule has 1 aliphatic rings. The molecule has 0 unspecified atom stereocenters. The van der Waals surface area contributed by atoms with Gasteiger partial charge in [-0.3, -0.25) is 9.59 Å². The Morgan fingerprint density at radius 1 is 1.17 bits per heavy atom. The topological polar surface area (TPSA) is 49.4 Å². The summed E-state index contributed by atoms with van der Waals surface area (Å²) in [6.45, 7) is 4.30. The number of benzene rings is 1. The van der Waals surface area contributed by atoms with Crippen molar-refractivity contribution in [1.82, 2.24) is 5.32 Å². The van der Waals surface area contributed by atoms with Crippen molar-refractivity contribution in [3.05, 3.63) is 41.5 Å². The van der Waals surface area contributed by atoms with E-state index < -0.39 is 0 Å². The molecule has 0 fully saturated rings. The lowest BCUT2D eigenvalue weighted by Crippen LogP contribution is -2.40. The Labute approximate surface area is 144 Å². The van der Waals surface area contributed by atoms with Crippen LogP contribution in [0, 0.1) is 0 Å². The van der Waals surface area contributed by atoms with E-state index >= 15 is 0 Å². The molecule has 0 saturated carbocycles. The Morgan fingerprint density at radius 3 is 2.50 bits per heavy atom. The number of anilines is 1. The first-order chi connectivity index (χ1) is 11.6. The summed E-state index contributed by atoms with van der Waals surface area (Å²) in [4.78, 5) is 25.6. The summed E-state index contributed by atoms with van der Waals surface area (Å²) in [5.74, 6) is -0.231. The van der Waals surface area contributed by atoms with Gasteiger partial charge in [-0.25, -0.2) is 0 Å². The highest BCUT2D eigenvalue weighted by Gasteiger charge is 2.15. The first kappa shape index (κ1) is 18.2. The van der Waals surface area contributed by atoms with Crippen molar-refractivity contribution in [3.63, 3.8) is 0 Å². The van der Waals surface area contributed by atoms with Gasteiger partial charge in [0.25, 0.3) is 0 Å². The van der Waals surface area contributed by atoms with Gasteiger partial charge in [0.1, 0.15) is 6.54 Å². The predicted octanol–water partition coefficient (Wildman–Crippen LogP) is 3.61. The minimum atomic E-state index is -0.121. The van der Waals surface area contributed by atoms with Crippen molar-refractivity contribution in [1.29, 1.82) is 0 Å². The SMILES string of the molecule is CCc1ccc(N(CC(=O)NCCC2=CCCCC2)C(C)=O)cc1. The van der Waals surface area contributed by atoms with Crippen LogP contribution < -0.4 is 10.2 Å². The van der Waals surface area contributed by atoms with Gasteiger partial charge in [0.05, 0.1) is 0 Å². The lowest BCUT2D eigenvalue weighted by atomic mass is 9.97. The summed E-state index contributed by atoms with van der Waals surface area (Å²) in [6.07, 6.45) is 9.01. The van der Waals surface area contributed by atoms with Crippen molar-refractivity contribution < 1.29 is 9.59 Å². The average Bonchev–Trinajstić information content (AvgIpc) is 2.60. The monoisotopic (exact) mass is 328 g/mol. The van der Waals surface area contributed by atoms with Gasteiger partial charge >= 0.3 is 0 Å². The maximum Gasteiger partial charge on any atom is 0.240 e. The van der Waals surface area contributed by atoms with E-state index in [0.717, 1.165) is 31.4 Å². The Kier molecular flexibility index (Phi) is 7.04. The molecule has 0 heterocycles. The predicted molar refractivity (Wildman–Crippen MR) is 98.0 cm³/mol. The normalized spacial score (nSPS) is 14.0. The zero-order valence-electron chi connectivity index (χ0n) is 14.8. The zero-order chi connectivity index (χ0) is 17.4. The van der Waals surface area contributed by atoms with Gasteiger partial charge in [-0.1, -0.05) is 30.7 Å². The van der Waals surface area contributed by atoms with Crippen molar-refractivity contribution in [3.8, 4) is 0 Å². The van der Waals surface area contributed by atoms with Crippen LogP contribution in [0.25, 0.3) is 0 Å². The Bertz CT molecular complexity index is 590. The molecule has 0 spiro atoms. The molecule has 0 aromatic heterocycles. The smallest absolute Gasteiger partial charge is 0.240 e. The van der Waals surface area contributed by atoms with Gasteiger partial charge in [0, 0.05) is 19.2 Å². The second-order valence-electron chi connectivity index (χ2n) is 6.33. The van der Waals surface area contributed by atoms with Gasteiger partial charge in [0.2, 0.25) is 11.8 Å². The largest absolute Gasteiger partial charge is 0.354 e. The van der Waals surface area contributed by atoms with E-state index in [1.54, 1.807) is 0 Å². The van der Waals surface area contributed by atoms with Crippen molar-refractivity contribution in [2.45, 2.75) is 52.4 Å². The summed E-state index contributed by atoms with van der Waals surface area (Å²) in [5.41, 5.74) is 3.43. The molecule has 0 atom stereocenters. The Hall–Kier alpha value is -2.10. The number of hydrogen-bond donors (Lipinski definition) is 1. The molecule has 4 heteroatoms. The highest BCUT2D eigenvalue weighted by atomic mass is 16.2. The summed E-state index contributed by atoms with van der Waals surface area (Å²) >= 11 is 0. The van der Waals surface area contributed by atoms with Gasteiger partial charge in [0.15, 0.2) is 0 Å². The van der Waals surface area contributed by atoms with Crippen LogP contribution in [0.1, 0.15) is 51.5 Å². The number of nitrogens with one attached hydrogen (secondary N) is 1. The summed E-state index contributed by atoms with van der Waals surface area (Å²) in [5, 5.41) is 2.93. The number of rotatable bonds is 7. The minimum absolute atomic E-state index is 0.0693. The molecule has 130 valence electrons. The Morgan fingerprint density at radius 2 is 1.92 bits per heavy atom. The molecule has 24 heavy (non-hydrogen) atoms. The van der Waals surface area contributed by atoms with Crippen LogP contribution in [0.4, 0.5) is 5.69 Å². The number of aryl methyl sites for hydroxylation is 1. The van der Waals surface area contributed by atoms with Crippen LogP contribution in [-0.2, 0) is 16.0 Å². The number of carbonyl (C=O) groups excluding carboxylic acids is 2. The average molecular weight is 328 g/mol. The maximum atomic E-state index is 12.2. The van der Waals surface area contributed by atoms with Crippen molar-refractivity contribution in [2.24, 2.45) is 0 Å². The van der Waals surface area contributed by atoms with Gasteiger partial charge in [-0.15, -0.1) is 0 Å². The standard InChI is InChI=1S/C20H28N2O2/c1-3-17-9-11-19(12-10-17)22(16(2)23)15-20(24)21-14-13-18-7-5-4-6-8-18/h7,9-12H,3-6,8,13-15H2,1-2H3,(H,21,24). The van der Waals surface area contributed by atoms with Gasteiger partial charge < -0.3 is 10.2 Å². The van der Waals surface area contributed by atoms with Crippen LogP contribution >= 0.6 is 0 Å². The van der Waals surface area contributed by atoms with E-state index in [-0.39, 0.29) is 18.4 Å². The van der Waals surface area contributed by atoms with Crippen LogP contribution in [0.15, 0.2) is 35.9 Å². The van der Waals surface area contributed by atoms with Gasteiger partial charge in [-0.2, -0.15) is 0 Å². The van der Waals surface area contributed by atoms with Crippen LogP contribution in [-0.4, -0.2) is 24.9 Å². The molecule has 1 N–H and O–H groups in total. The Balaban J connectivity index is 1.86. The van der Waals surface area contributed by atoms with Crippen LogP contribution in [0.5, 0.6) is 0 Å². The van der Waals surface area contributed by atoms with E-state index in [9.17, 15) is 9.59 Å². The number of amides is 2. The lowest BCUT2D eigenvalue weighted by molar-refractivity contribution is -0.123. The lowest BCUT2D eigenvalue weighted by Gasteiger charge is -2.21. The fourth-order valence-corrected chi connectivity index (χ4v) is 2.99. The van der Waals surface area contributed by atoms with Crippen LogP contribution in [0.3, 0.4) is 0 Å². The molecule has 0 bridgehead atoms. The molecular formula is C20H28N2O2. The third-order valence-electron chi connectivity index (χ3n) is 4.49. The van der Waals surface area contributed by atoms with Gasteiger partial charge in [-0.05, 0) is 56.2 Å². The molecule has 4 nitrogen and oxygen atoms in total. The third kappa shape index (κ3) is 5.52. The fourth-order valence-electron chi connectivity index (χ4n) is 2.99. The molecule has 1 aromatic carbocycles. The van der Waals surface area contributed by atoms with E-state index in [1.807, 2.05) is 24.3 Å². The van der Waals surface area contributed by atoms with E-state index in [0.29, 0.717) is 6.54 Å². The molecule has 0 saturated heterocycles. The minimum Gasteiger partial charge on any atom is -0.354 e. The van der Waals surface area contributed by atoms with Crippen molar-refractivity contribution >= 4 is 17.5 Å². The quantitative estimate of drug-likeness (QED) is 0.777. The fraction of sp³-hybridized carbons (Fsp3) is 0.500. The molecule has 0 radical (unpaired) electrons. The number of carbonyl (C=O) groups is 2. The second kappa shape index (κ2) is 9.26. The third-order valence-corrected chi connectivity index (χ3v) is 4.49. The number of allylic oxidation sites excluding steroid dienone is 1.